The second kappa shape index (κ2) is 10.2. The molecule has 188 valence electrons. The summed E-state index contributed by atoms with van der Waals surface area (Å²) < 4.78 is 40.5. The van der Waals surface area contributed by atoms with Crippen molar-refractivity contribution in [3.05, 3.63) is 17.2 Å². The monoisotopic (exact) mass is 533 g/mol. The van der Waals surface area contributed by atoms with Gasteiger partial charge in [0.05, 0.1) is 42.5 Å². The van der Waals surface area contributed by atoms with Crippen LogP contribution in [0.5, 0.6) is 11.5 Å². The summed E-state index contributed by atoms with van der Waals surface area (Å²) >= 11 is 7.57. The van der Waals surface area contributed by atoms with Crippen LogP contribution in [0.2, 0.25) is 5.02 Å². The lowest BCUT2D eigenvalue weighted by molar-refractivity contribution is -0.117. The Hall–Kier alpha value is -2.18. The third kappa shape index (κ3) is 6.28. The normalized spacial score (nSPS) is 22.4. The molecule has 2 atom stereocenters. The Morgan fingerprint density at radius 2 is 1.88 bits per heavy atom. The fourth-order valence-corrected chi connectivity index (χ4v) is 7.79. The number of thioether (sulfide) groups is 1. The van der Waals surface area contributed by atoms with Crippen LogP contribution in [-0.4, -0.2) is 74.7 Å². The van der Waals surface area contributed by atoms with E-state index in [1.807, 2.05) is 0 Å². The Kier molecular flexibility index (Phi) is 7.93. The van der Waals surface area contributed by atoms with E-state index in [2.05, 4.69) is 10.3 Å². The molecule has 0 saturated carbocycles. The molecule has 34 heavy (non-hydrogen) atoms. The largest absolute Gasteiger partial charge is 0.495 e. The number of hydrogen-bond acceptors (Lipinski definition) is 8. The number of amides is 2. The number of rotatable bonds is 6. The predicted octanol–water partition coefficient (Wildman–Crippen LogP) is 2.87. The Labute approximate surface area is 208 Å². The van der Waals surface area contributed by atoms with Crippen LogP contribution in [0.1, 0.15) is 27.2 Å². The van der Waals surface area contributed by atoms with Gasteiger partial charge in [-0.3, -0.25) is 4.79 Å². The van der Waals surface area contributed by atoms with Gasteiger partial charge < -0.3 is 24.4 Å². The van der Waals surface area contributed by atoms with Crippen molar-refractivity contribution in [1.82, 2.24) is 5.32 Å². The molecule has 2 aliphatic heterocycles. The van der Waals surface area contributed by atoms with E-state index in [0.29, 0.717) is 27.4 Å². The predicted molar refractivity (Wildman–Crippen MR) is 132 cm³/mol. The molecule has 2 amide bonds. The maximum atomic E-state index is 12.6. The highest BCUT2D eigenvalue weighted by Crippen LogP contribution is 2.46. The van der Waals surface area contributed by atoms with Crippen molar-refractivity contribution in [3.8, 4) is 11.5 Å². The summed E-state index contributed by atoms with van der Waals surface area (Å²) in [5.74, 6) is 0.236. The maximum Gasteiger partial charge on any atom is 0.407 e. The van der Waals surface area contributed by atoms with Gasteiger partial charge in [0.25, 0.3) is 0 Å². The quantitative estimate of drug-likeness (QED) is 0.587. The molecule has 2 aliphatic rings. The molecule has 13 heteroatoms. The van der Waals surface area contributed by atoms with Crippen LogP contribution in [0, 0.1) is 0 Å². The molecule has 0 unspecified atom stereocenters. The van der Waals surface area contributed by atoms with E-state index in [9.17, 15) is 18.0 Å². The third-order valence-electron chi connectivity index (χ3n) is 5.01. The highest BCUT2D eigenvalue weighted by Gasteiger charge is 2.50. The first-order valence-electron chi connectivity index (χ1n) is 10.5. The number of nitrogens with one attached hydrogen (secondary N) is 1. The average Bonchev–Trinajstić information content (AvgIpc) is 3.16. The molecule has 0 aliphatic carbocycles. The Balaban J connectivity index is 1.84. The minimum atomic E-state index is -3.24. The summed E-state index contributed by atoms with van der Waals surface area (Å²) in [6.07, 6.45) is -0.673. The molecule has 0 radical (unpaired) electrons. The molecule has 0 spiro atoms. The van der Waals surface area contributed by atoms with Gasteiger partial charge in [-0.05, 0) is 26.8 Å². The second-order valence-electron chi connectivity index (χ2n) is 8.80. The van der Waals surface area contributed by atoms with E-state index in [-0.39, 0.29) is 29.7 Å². The molecule has 1 aromatic carbocycles. The highest BCUT2D eigenvalue weighted by molar-refractivity contribution is 8.16. The van der Waals surface area contributed by atoms with Gasteiger partial charge in [0.2, 0.25) is 5.91 Å². The molecule has 10 nitrogen and oxygen atoms in total. The zero-order valence-electron chi connectivity index (χ0n) is 19.6. The molecule has 1 N–H and O–H groups in total. The lowest BCUT2D eigenvalue weighted by Crippen LogP contribution is -2.38. The van der Waals surface area contributed by atoms with Gasteiger partial charge in [-0.2, -0.15) is 4.99 Å². The number of ether oxygens (including phenoxy) is 3. The van der Waals surface area contributed by atoms with Crippen LogP contribution >= 0.6 is 23.4 Å². The van der Waals surface area contributed by atoms with Crippen LogP contribution in [0.4, 0.5) is 10.5 Å². The number of halogens is 1. The average molecular weight is 534 g/mol. The van der Waals surface area contributed by atoms with Gasteiger partial charge in [-0.1, -0.05) is 23.4 Å². The van der Waals surface area contributed by atoms with Gasteiger partial charge in [-0.15, -0.1) is 0 Å². The summed E-state index contributed by atoms with van der Waals surface area (Å²) in [6.45, 7) is 5.28. The molecule has 0 aromatic heterocycles. The zero-order valence-corrected chi connectivity index (χ0v) is 22.0. The summed E-state index contributed by atoms with van der Waals surface area (Å²) in [5.41, 5.74) is -0.157. The topological polar surface area (TPSA) is 124 Å². The number of fused-ring (bicyclic) bond motifs is 1. The van der Waals surface area contributed by atoms with E-state index in [4.69, 9.17) is 25.8 Å². The number of amidine groups is 1. The van der Waals surface area contributed by atoms with Gasteiger partial charge in [0.15, 0.2) is 15.0 Å². The molecule has 2 heterocycles. The third-order valence-corrected chi connectivity index (χ3v) is 8.51. The van der Waals surface area contributed by atoms with Crippen molar-refractivity contribution in [2.75, 3.05) is 37.2 Å². The zero-order chi connectivity index (χ0) is 25.3. The molecular weight excluding hydrogens is 506 g/mol. The van der Waals surface area contributed by atoms with E-state index in [1.165, 1.54) is 26.0 Å². The lowest BCUT2D eigenvalue weighted by atomic mass is 10.2. The van der Waals surface area contributed by atoms with Gasteiger partial charge in [0.1, 0.15) is 17.1 Å². The molecule has 2 saturated heterocycles. The summed E-state index contributed by atoms with van der Waals surface area (Å²) in [6, 6.07) is 2.78. The first-order valence-corrected chi connectivity index (χ1v) is 13.6. The van der Waals surface area contributed by atoms with Gasteiger partial charge >= 0.3 is 6.09 Å². The maximum absolute atomic E-state index is 12.6. The molecular formula is C21H28ClN3O7S2. The van der Waals surface area contributed by atoms with E-state index in [1.54, 1.807) is 37.8 Å². The van der Waals surface area contributed by atoms with Crippen molar-refractivity contribution in [3.63, 3.8) is 0 Å². The number of sulfone groups is 1. The van der Waals surface area contributed by atoms with Crippen molar-refractivity contribution >= 4 is 56.1 Å². The summed E-state index contributed by atoms with van der Waals surface area (Å²) in [4.78, 5) is 30.3. The number of anilines is 1. The molecule has 0 bridgehead atoms. The van der Waals surface area contributed by atoms with Gasteiger partial charge in [-0.25, -0.2) is 13.2 Å². The number of benzene rings is 1. The van der Waals surface area contributed by atoms with Crippen molar-refractivity contribution < 1.29 is 32.2 Å². The molecule has 3 rings (SSSR count). The number of alkyl carbamates (subject to hydrolysis) is 1. The Bertz CT molecular complexity index is 1100. The van der Waals surface area contributed by atoms with Gasteiger partial charge in [0, 0.05) is 24.3 Å². The highest BCUT2D eigenvalue weighted by atomic mass is 35.5. The number of carbonyl (C=O) groups is 2. The van der Waals surface area contributed by atoms with Crippen LogP contribution < -0.4 is 19.7 Å². The standard InChI is InChI=1S/C21H28ClN3O7S2/c1-21(2,3)32-20(27)23-7-6-18(26)24-19-25(14-10-34(28,29)11-17(14)33-19)13-8-12(22)15(30-4)9-16(13)31-5/h8-9,14,17H,6-7,10-11H2,1-5H3,(H,23,27)/t14-,17-/m1/s1. The van der Waals surface area contributed by atoms with E-state index >= 15 is 0 Å². The van der Waals surface area contributed by atoms with Crippen molar-refractivity contribution in [2.24, 2.45) is 4.99 Å². The van der Waals surface area contributed by atoms with Crippen molar-refractivity contribution in [2.45, 2.75) is 44.1 Å². The Morgan fingerprint density at radius 3 is 2.50 bits per heavy atom. The smallest absolute Gasteiger partial charge is 0.407 e. The van der Waals surface area contributed by atoms with E-state index < -0.39 is 33.5 Å². The fourth-order valence-electron chi connectivity index (χ4n) is 3.63. The first-order chi connectivity index (χ1) is 15.8. The minimum absolute atomic E-state index is 0.0154. The number of nitrogens with zero attached hydrogens (tertiary/aromatic N) is 2. The Morgan fingerprint density at radius 1 is 1.21 bits per heavy atom. The first kappa shape index (κ1) is 26.4. The number of aliphatic imine (C=N–C) groups is 1. The van der Waals surface area contributed by atoms with E-state index in [0.717, 1.165) is 0 Å². The SMILES string of the molecule is COc1cc(OC)c(N2C(=NC(=O)CCNC(=O)OC(C)(C)C)S[C@@H]3CS(=O)(=O)C[C@H]32)cc1Cl. The van der Waals surface area contributed by atoms with Crippen LogP contribution in [0.15, 0.2) is 17.1 Å². The number of carbonyl (C=O) groups excluding carboxylic acids is 2. The van der Waals surface area contributed by atoms with Crippen LogP contribution in [-0.2, 0) is 19.4 Å². The number of hydrogen-bond donors (Lipinski definition) is 1. The van der Waals surface area contributed by atoms with Crippen LogP contribution in [0.3, 0.4) is 0 Å². The van der Waals surface area contributed by atoms with Crippen LogP contribution in [0.25, 0.3) is 0 Å². The summed E-state index contributed by atoms with van der Waals surface area (Å²) in [5, 5.41) is 2.89. The fraction of sp³-hybridized carbons (Fsp3) is 0.571. The van der Waals surface area contributed by atoms with Crippen molar-refractivity contribution in [1.29, 1.82) is 0 Å². The lowest BCUT2D eigenvalue weighted by Gasteiger charge is -2.27. The summed E-state index contributed by atoms with van der Waals surface area (Å²) in [7, 11) is -0.292. The molecule has 1 aromatic rings. The number of methoxy groups -OCH3 is 2. The molecule has 2 fully saturated rings. The minimum Gasteiger partial charge on any atom is -0.495 e. The second-order valence-corrected chi connectivity index (χ2v) is 12.6.